The van der Waals surface area contributed by atoms with Crippen molar-refractivity contribution in [2.45, 2.75) is 110 Å². The quantitative estimate of drug-likeness (QED) is 0.248. The Bertz CT molecular complexity index is 594. The van der Waals surface area contributed by atoms with Gasteiger partial charge in [-0.25, -0.2) is 9.59 Å². The second-order valence-electron chi connectivity index (χ2n) is 8.15. The molecular weight excluding hydrogens is 364 g/mol. The number of carboxylic acids is 2. The van der Waals surface area contributed by atoms with E-state index in [-0.39, 0.29) is 11.1 Å². The highest BCUT2D eigenvalue weighted by Gasteiger charge is 2.19. The number of carbonyl (C=O) groups is 2. The summed E-state index contributed by atoms with van der Waals surface area (Å²) in [6.07, 6.45) is 20.0. The molecule has 0 aromatic heterocycles. The molecule has 0 unspecified atom stereocenters. The number of benzene rings is 1. The topological polar surface area (TPSA) is 74.6 Å². The molecule has 0 aliphatic heterocycles. The molecule has 4 heteroatoms. The highest BCUT2D eigenvalue weighted by molar-refractivity contribution is 6.02. The number of unbranched alkanes of at least 4 members (excludes halogenated alkanes) is 14. The van der Waals surface area contributed by atoms with Gasteiger partial charge in [0.2, 0.25) is 0 Å². The lowest BCUT2D eigenvalue weighted by Gasteiger charge is -2.09. The Kier molecular flexibility index (Phi) is 13.9. The van der Waals surface area contributed by atoms with Gasteiger partial charge in [0.05, 0.1) is 11.1 Å². The van der Waals surface area contributed by atoms with E-state index in [0.717, 1.165) is 12.8 Å². The van der Waals surface area contributed by atoms with Crippen molar-refractivity contribution in [3.63, 3.8) is 0 Å². The van der Waals surface area contributed by atoms with Gasteiger partial charge in [0, 0.05) is 0 Å². The van der Waals surface area contributed by atoms with Gasteiger partial charge in [-0.2, -0.15) is 0 Å². The zero-order valence-electron chi connectivity index (χ0n) is 18.3. The third-order valence-corrected chi connectivity index (χ3v) is 5.64. The molecule has 0 bridgehead atoms. The molecule has 0 aliphatic carbocycles. The first-order valence-corrected chi connectivity index (χ1v) is 11.7. The van der Waals surface area contributed by atoms with Crippen LogP contribution in [0.15, 0.2) is 18.2 Å². The molecule has 0 radical (unpaired) electrons. The molecule has 0 saturated heterocycles. The van der Waals surface area contributed by atoms with Crippen LogP contribution in [0.5, 0.6) is 0 Å². The molecule has 0 amide bonds. The Balaban J connectivity index is 2.06. The fraction of sp³-hybridized carbons (Fsp3) is 0.680. The van der Waals surface area contributed by atoms with Gasteiger partial charge in [-0.15, -0.1) is 0 Å². The van der Waals surface area contributed by atoms with Crippen LogP contribution < -0.4 is 0 Å². The van der Waals surface area contributed by atoms with E-state index in [1.54, 1.807) is 12.1 Å². The van der Waals surface area contributed by atoms with Crippen molar-refractivity contribution in [1.82, 2.24) is 0 Å². The predicted octanol–water partition coefficient (Wildman–Crippen LogP) is 7.50. The molecule has 0 spiro atoms. The van der Waals surface area contributed by atoms with Crippen LogP contribution in [0.2, 0.25) is 0 Å². The zero-order valence-corrected chi connectivity index (χ0v) is 18.3. The monoisotopic (exact) mass is 404 g/mol. The Hall–Kier alpha value is -1.84. The molecule has 1 aromatic carbocycles. The molecule has 164 valence electrons. The minimum atomic E-state index is -1.18. The summed E-state index contributed by atoms with van der Waals surface area (Å²) in [5, 5.41) is 18.5. The molecule has 0 heterocycles. The molecule has 0 saturated carbocycles. The summed E-state index contributed by atoms with van der Waals surface area (Å²) in [6.45, 7) is 2.26. The van der Waals surface area contributed by atoms with Gasteiger partial charge in [0.25, 0.3) is 0 Å². The number of hydrogen-bond donors (Lipinski definition) is 2. The van der Waals surface area contributed by atoms with Crippen LogP contribution in [0, 0.1) is 0 Å². The van der Waals surface area contributed by atoms with Crippen molar-refractivity contribution >= 4 is 11.9 Å². The lowest BCUT2D eigenvalue weighted by atomic mass is 9.96. The molecule has 29 heavy (non-hydrogen) atoms. The van der Waals surface area contributed by atoms with Crippen molar-refractivity contribution in [2.24, 2.45) is 0 Å². The molecule has 2 N–H and O–H groups in total. The molecule has 1 aromatic rings. The second kappa shape index (κ2) is 16.0. The van der Waals surface area contributed by atoms with Gasteiger partial charge in [-0.3, -0.25) is 0 Å². The molecule has 4 nitrogen and oxygen atoms in total. The first-order chi connectivity index (χ1) is 14.1. The lowest BCUT2D eigenvalue weighted by Crippen LogP contribution is -2.11. The highest BCUT2D eigenvalue weighted by atomic mass is 16.4. The standard InChI is InChI=1S/C25H40O4/c1-2-3-4-5-6-7-8-9-10-11-12-13-14-15-16-18-21-19-17-20-22(24(26)27)23(21)25(28)29/h17,19-20H,2-16,18H2,1H3,(H,26,27)(H,28,29). The second-order valence-corrected chi connectivity index (χ2v) is 8.15. The van der Waals surface area contributed by atoms with Gasteiger partial charge in [0.1, 0.15) is 0 Å². The van der Waals surface area contributed by atoms with Crippen LogP contribution >= 0.6 is 0 Å². The summed E-state index contributed by atoms with van der Waals surface area (Å²) in [7, 11) is 0. The van der Waals surface area contributed by atoms with Gasteiger partial charge >= 0.3 is 11.9 Å². The summed E-state index contributed by atoms with van der Waals surface area (Å²) in [5.74, 6) is -2.33. The highest BCUT2D eigenvalue weighted by Crippen LogP contribution is 2.19. The van der Waals surface area contributed by atoms with Gasteiger partial charge < -0.3 is 10.2 Å². The molecule has 1 rings (SSSR count). The van der Waals surface area contributed by atoms with Crippen LogP contribution in [0.25, 0.3) is 0 Å². The Morgan fingerprint density at radius 3 is 1.52 bits per heavy atom. The Morgan fingerprint density at radius 1 is 0.655 bits per heavy atom. The van der Waals surface area contributed by atoms with Crippen LogP contribution in [0.1, 0.15) is 130 Å². The first kappa shape index (κ1) is 25.2. The van der Waals surface area contributed by atoms with E-state index in [4.69, 9.17) is 0 Å². The molecule has 0 fully saturated rings. The van der Waals surface area contributed by atoms with E-state index in [0.29, 0.717) is 12.0 Å². The summed E-state index contributed by atoms with van der Waals surface area (Å²) in [4.78, 5) is 22.7. The van der Waals surface area contributed by atoms with Crippen molar-refractivity contribution < 1.29 is 19.8 Å². The maximum absolute atomic E-state index is 11.4. The normalized spacial score (nSPS) is 10.9. The minimum absolute atomic E-state index is 0.0506. The maximum Gasteiger partial charge on any atom is 0.336 e. The average Bonchev–Trinajstić information content (AvgIpc) is 2.70. The van der Waals surface area contributed by atoms with E-state index in [1.165, 1.54) is 89.5 Å². The van der Waals surface area contributed by atoms with Crippen LogP contribution in [-0.2, 0) is 6.42 Å². The number of hydrogen-bond acceptors (Lipinski definition) is 2. The lowest BCUT2D eigenvalue weighted by molar-refractivity contribution is 0.0650. The van der Waals surface area contributed by atoms with Crippen LogP contribution in [-0.4, -0.2) is 22.2 Å². The van der Waals surface area contributed by atoms with E-state index in [9.17, 15) is 19.8 Å². The van der Waals surface area contributed by atoms with E-state index >= 15 is 0 Å². The SMILES string of the molecule is CCCCCCCCCCCCCCCCCc1cccc(C(=O)O)c1C(=O)O. The molecule has 0 atom stereocenters. The predicted molar refractivity (Wildman–Crippen MR) is 119 cm³/mol. The summed E-state index contributed by atoms with van der Waals surface area (Å²) in [6, 6.07) is 4.73. The van der Waals surface area contributed by atoms with Crippen molar-refractivity contribution in [2.75, 3.05) is 0 Å². The van der Waals surface area contributed by atoms with Crippen LogP contribution in [0.3, 0.4) is 0 Å². The fourth-order valence-electron chi connectivity index (χ4n) is 3.93. The third kappa shape index (κ3) is 11.1. The zero-order chi connectivity index (χ0) is 21.3. The molecular formula is C25H40O4. The van der Waals surface area contributed by atoms with E-state index in [2.05, 4.69) is 6.92 Å². The van der Waals surface area contributed by atoms with Crippen molar-refractivity contribution in [1.29, 1.82) is 0 Å². The first-order valence-electron chi connectivity index (χ1n) is 11.7. The Labute approximate surface area is 176 Å². The minimum Gasteiger partial charge on any atom is -0.478 e. The number of carboxylic acid groups (broad SMARTS) is 2. The Morgan fingerprint density at radius 2 is 1.10 bits per heavy atom. The van der Waals surface area contributed by atoms with Gasteiger partial charge in [-0.1, -0.05) is 109 Å². The van der Waals surface area contributed by atoms with Crippen molar-refractivity contribution in [3.8, 4) is 0 Å². The van der Waals surface area contributed by atoms with Gasteiger partial charge in [0.15, 0.2) is 0 Å². The summed E-state index contributed by atoms with van der Waals surface area (Å²) in [5.41, 5.74) is 0.466. The number of aryl methyl sites for hydroxylation is 1. The largest absolute Gasteiger partial charge is 0.478 e. The summed E-state index contributed by atoms with van der Waals surface area (Å²) < 4.78 is 0. The van der Waals surface area contributed by atoms with E-state index in [1.807, 2.05) is 0 Å². The average molecular weight is 405 g/mol. The fourth-order valence-corrected chi connectivity index (χ4v) is 3.93. The summed E-state index contributed by atoms with van der Waals surface area (Å²) >= 11 is 0. The van der Waals surface area contributed by atoms with Gasteiger partial charge in [-0.05, 0) is 24.5 Å². The molecule has 0 aliphatic rings. The van der Waals surface area contributed by atoms with Crippen LogP contribution in [0.4, 0.5) is 0 Å². The van der Waals surface area contributed by atoms with Crippen molar-refractivity contribution in [3.05, 3.63) is 34.9 Å². The maximum atomic E-state index is 11.4. The number of rotatable bonds is 18. The third-order valence-electron chi connectivity index (χ3n) is 5.64. The smallest absolute Gasteiger partial charge is 0.336 e. The van der Waals surface area contributed by atoms with E-state index < -0.39 is 11.9 Å². The number of aromatic carboxylic acids is 2.